The Kier molecular flexibility index (Phi) is 7.97. The zero-order valence-electron chi connectivity index (χ0n) is 16.7. The van der Waals surface area contributed by atoms with Gasteiger partial charge in [0.25, 0.3) is 0 Å². The van der Waals surface area contributed by atoms with E-state index in [1.807, 2.05) is 0 Å². The molecule has 0 aliphatic carbocycles. The van der Waals surface area contributed by atoms with Crippen LogP contribution in [0.2, 0.25) is 10.0 Å². The van der Waals surface area contributed by atoms with Crippen LogP contribution in [0.1, 0.15) is 40.7 Å². The molecule has 0 amide bonds. The third-order valence-electron chi connectivity index (χ3n) is 5.02. The van der Waals surface area contributed by atoms with Gasteiger partial charge in [0.05, 0.1) is 5.56 Å². The zero-order valence-corrected chi connectivity index (χ0v) is 18.3. The number of carbonyl (C=O) groups is 1. The van der Waals surface area contributed by atoms with Gasteiger partial charge in [-0.2, -0.15) is 0 Å². The van der Waals surface area contributed by atoms with Crippen LogP contribution in [0, 0.1) is 0 Å². The van der Waals surface area contributed by atoms with Crippen molar-refractivity contribution in [3.63, 3.8) is 0 Å². The number of allylic oxidation sites excluding steroid dienone is 1. The van der Waals surface area contributed by atoms with E-state index in [0.717, 1.165) is 31.5 Å². The number of halogens is 2. The second-order valence-electron chi connectivity index (χ2n) is 7.28. The molecule has 158 valence electrons. The van der Waals surface area contributed by atoms with Gasteiger partial charge >= 0.3 is 0 Å². The molecule has 1 heterocycles. The summed E-state index contributed by atoms with van der Waals surface area (Å²) in [5.41, 5.74) is 1.78. The molecule has 1 fully saturated rings. The Labute approximate surface area is 187 Å². The third kappa shape index (κ3) is 5.88. The third-order valence-corrected chi connectivity index (χ3v) is 5.58. The average Bonchev–Trinajstić information content (AvgIpc) is 2.73. The van der Waals surface area contributed by atoms with E-state index in [1.54, 1.807) is 36.4 Å². The number of likely N-dealkylation sites (tertiary alicyclic amines) is 1. The van der Waals surface area contributed by atoms with E-state index in [1.165, 1.54) is 18.6 Å². The van der Waals surface area contributed by atoms with Crippen LogP contribution in [0.15, 0.2) is 49.1 Å². The van der Waals surface area contributed by atoms with E-state index >= 15 is 0 Å². The molecule has 1 N–H and O–H groups in total. The fourth-order valence-corrected chi connectivity index (χ4v) is 3.94. The molecule has 2 aromatic carbocycles. The monoisotopic (exact) mass is 445 g/mol. The van der Waals surface area contributed by atoms with Crippen LogP contribution in [0.5, 0.6) is 11.5 Å². The van der Waals surface area contributed by atoms with E-state index in [2.05, 4.69) is 11.5 Å². The fourth-order valence-electron chi connectivity index (χ4n) is 3.47. The van der Waals surface area contributed by atoms with Crippen molar-refractivity contribution in [3.05, 3.63) is 75.8 Å². The maximum Gasteiger partial charge on any atom is 0.189 e. The minimum Gasteiger partial charge on any atom is -0.507 e. The van der Waals surface area contributed by atoms with Crippen LogP contribution in [-0.2, 0) is 6.54 Å². The number of ketones is 1. The summed E-state index contributed by atoms with van der Waals surface area (Å²) < 4.78 is 5.74. The maximum absolute atomic E-state index is 12.8. The Hall–Kier alpha value is -2.27. The van der Waals surface area contributed by atoms with Gasteiger partial charge in [0.1, 0.15) is 18.1 Å². The summed E-state index contributed by atoms with van der Waals surface area (Å²) in [6.07, 6.45) is 8.24. The zero-order chi connectivity index (χ0) is 21.5. The summed E-state index contributed by atoms with van der Waals surface area (Å²) >= 11 is 12.1. The van der Waals surface area contributed by atoms with Crippen LogP contribution >= 0.6 is 23.2 Å². The van der Waals surface area contributed by atoms with Crippen LogP contribution < -0.4 is 4.74 Å². The minimum atomic E-state index is -0.311. The second-order valence-corrected chi connectivity index (χ2v) is 8.12. The van der Waals surface area contributed by atoms with E-state index in [9.17, 15) is 9.90 Å². The highest BCUT2D eigenvalue weighted by atomic mass is 35.5. The van der Waals surface area contributed by atoms with Crippen molar-refractivity contribution >= 4 is 35.1 Å². The summed E-state index contributed by atoms with van der Waals surface area (Å²) in [5.74, 6) is 0.140. The Balaban J connectivity index is 1.86. The molecular formula is C24H25Cl2NO3. The quantitative estimate of drug-likeness (QED) is 0.300. The minimum absolute atomic E-state index is 0.117. The Morgan fingerprint density at radius 2 is 1.93 bits per heavy atom. The first-order valence-electron chi connectivity index (χ1n) is 9.97. The highest BCUT2D eigenvalue weighted by Gasteiger charge is 2.18. The molecule has 30 heavy (non-hydrogen) atoms. The Morgan fingerprint density at radius 3 is 2.63 bits per heavy atom. The number of aromatic hydroxyl groups is 1. The molecule has 2 aromatic rings. The van der Waals surface area contributed by atoms with Crippen LogP contribution in [-0.4, -0.2) is 35.5 Å². The fraction of sp³-hybridized carbons (Fsp3) is 0.292. The van der Waals surface area contributed by atoms with Gasteiger partial charge in [0, 0.05) is 28.2 Å². The van der Waals surface area contributed by atoms with Crippen molar-refractivity contribution < 1.29 is 14.6 Å². The number of hydrogen-bond donors (Lipinski definition) is 1. The number of carbonyl (C=O) groups excluding carboxylic acids is 1. The van der Waals surface area contributed by atoms with Gasteiger partial charge < -0.3 is 9.84 Å². The predicted octanol–water partition coefficient (Wildman–Crippen LogP) is 6.15. The molecule has 6 heteroatoms. The standard InChI is InChI=1S/C24H25Cl2NO3/c1-2-12-30-24-15-23(29)20(13-18(24)16-27-10-4-3-5-11-27)22(28)9-7-17-6-8-19(25)14-21(17)26/h2,6-9,13-15,29H,1,3-5,10-12,16H2/b9-7+. The topological polar surface area (TPSA) is 49.8 Å². The Morgan fingerprint density at radius 1 is 1.17 bits per heavy atom. The van der Waals surface area contributed by atoms with E-state index in [-0.39, 0.29) is 17.1 Å². The van der Waals surface area contributed by atoms with Crippen LogP contribution in [0.25, 0.3) is 6.08 Å². The molecule has 3 rings (SSSR count). The van der Waals surface area contributed by atoms with Crippen LogP contribution in [0.4, 0.5) is 0 Å². The van der Waals surface area contributed by atoms with Crippen molar-refractivity contribution in [3.8, 4) is 11.5 Å². The smallest absolute Gasteiger partial charge is 0.189 e. The highest BCUT2D eigenvalue weighted by molar-refractivity contribution is 6.35. The Bertz CT molecular complexity index is 950. The van der Waals surface area contributed by atoms with Gasteiger partial charge in [0.15, 0.2) is 5.78 Å². The first-order valence-corrected chi connectivity index (χ1v) is 10.7. The van der Waals surface area contributed by atoms with Crippen LogP contribution in [0.3, 0.4) is 0 Å². The lowest BCUT2D eigenvalue weighted by Crippen LogP contribution is -2.29. The lowest BCUT2D eigenvalue weighted by molar-refractivity contribution is 0.104. The SMILES string of the molecule is C=CCOc1cc(O)c(C(=O)/C=C/c2ccc(Cl)cc2Cl)cc1CN1CCCCC1. The number of rotatable bonds is 8. The number of phenolic OH excluding ortho intramolecular Hbond substituents is 1. The number of nitrogens with zero attached hydrogens (tertiary/aromatic N) is 1. The molecule has 0 unspecified atom stereocenters. The molecule has 1 saturated heterocycles. The molecule has 0 atom stereocenters. The number of piperidine rings is 1. The van der Waals surface area contributed by atoms with Gasteiger partial charge in [0.2, 0.25) is 0 Å². The normalized spacial score (nSPS) is 14.7. The van der Waals surface area contributed by atoms with Crippen molar-refractivity contribution in [1.29, 1.82) is 0 Å². The molecule has 0 radical (unpaired) electrons. The molecule has 1 aliphatic rings. The number of hydrogen-bond acceptors (Lipinski definition) is 4. The van der Waals surface area contributed by atoms with Crippen molar-refractivity contribution in [2.24, 2.45) is 0 Å². The van der Waals surface area contributed by atoms with Gasteiger partial charge in [-0.25, -0.2) is 0 Å². The molecular weight excluding hydrogens is 421 g/mol. The van der Waals surface area contributed by atoms with E-state index in [4.69, 9.17) is 27.9 Å². The van der Waals surface area contributed by atoms with Crippen molar-refractivity contribution in [2.45, 2.75) is 25.8 Å². The lowest BCUT2D eigenvalue weighted by Gasteiger charge is -2.27. The lowest BCUT2D eigenvalue weighted by atomic mass is 10.0. The second kappa shape index (κ2) is 10.7. The average molecular weight is 446 g/mol. The number of phenols is 1. The molecule has 1 aliphatic heterocycles. The highest BCUT2D eigenvalue weighted by Crippen LogP contribution is 2.31. The van der Waals surface area contributed by atoms with Crippen molar-refractivity contribution in [1.82, 2.24) is 4.90 Å². The maximum atomic E-state index is 12.8. The first-order chi connectivity index (χ1) is 14.5. The summed E-state index contributed by atoms with van der Waals surface area (Å²) in [4.78, 5) is 15.1. The van der Waals surface area contributed by atoms with Crippen molar-refractivity contribution in [2.75, 3.05) is 19.7 Å². The molecule has 0 bridgehead atoms. The largest absolute Gasteiger partial charge is 0.507 e. The molecule has 0 spiro atoms. The first kappa shape index (κ1) is 22.4. The summed E-state index contributed by atoms with van der Waals surface area (Å²) in [6, 6.07) is 8.30. The summed E-state index contributed by atoms with van der Waals surface area (Å²) in [6.45, 7) is 6.70. The summed E-state index contributed by atoms with van der Waals surface area (Å²) in [7, 11) is 0. The molecule has 4 nitrogen and oxygen atoms in total. The summed E-state index contributed by atoms with van der Waals surface area (Å²) in [5, 5.41) is 11.4. The van der Waals surface area contributed by atoms with Gasteiger partial charge in [-0.3, -0.25) is 9.69 Å². The molecule has 0 aromatic heterocycles. The molecule has 0 saturated carbocycles. The van der Waals surface area contributed by atoms with E-state index in [0.29, 0.717) is 34.5 Å². The number of ether oxygens (including phenoxy) is 1. The predicted molar refractivity (Wildman–Crippen MR) is 123 cm³/mol. The van der Waals surface area contributed by atoms with E-state index < -0.39 is 0 Å². The van der Waals surface area contributed by atoms with Gasteiger partial charge in [-0.1, -0.05) is 48.3 Å². The number of benzene rings is 2. The van der Waals surface area contributed by atoms with Gasteiger partial charge in [-0.15, -0.1) is 0 Å². The van der Waals surface area contributed by atoms with Gasteiger partial charge in [-0.05, 0) is 61.8 Å².